The maximum atomic E-state index is 13.7. The quantitative estimate of drug-likeness (QED) is 0.329. The minimum absolute atomic E-state index is 0.0707. The molecular weight excluding hydrogens is 558 g/mol. The van der Waals surface area contributed by atoms with Crippen LogP contribution < -0.4 is 11.1 Å². The number of hydrogen-bond donors (Lipinski definition) is 2. The number of esters is 1. The Hall–Kier alpha value is -3.45. The zero-order valence-corrected chi connectivity index (χ0v) is 26.5. The molecule has 0 unspecified atom stereocenters. The number of allylic oxidation sites excluding steroid dienone is 1. The number of hydrogen-bond acceptors (Lipinski definition) is 11. The van der Waals surface area contributed by atoms with E-state index in [1.54, 1.807) is 48.5 Å². The van der Waals surface area contributed by atoms with Gasteiger partial charge in [0.1, 0.15) is 42.6 Å². The van der Waals surface area contributed by atoms with Crippen LogP contribution in [0.25, 0.3) is 5.57 Å². The number of carbonyl (C=O) groups excluding carboxylic acids is 3. The third kappa shape index (κ3) is 7.38. The van der Waals surface area contributed by atoms with Crippen molar-refractivity contribution in [1.29, 1.82) is 0 Å². The van der Waals surface area contributed by atoms with Gasteiger partial charge in [-0.15, -0.1) is 0 Å². The predicted octanol–water partition coefficient (Wildman–Crippen LogP) is 3.60. The first kappa shape index (κ1) is 32.5. The van der Waals surface area contributed by atoms with Crippen LogP contribution >= 0.6 is 0 Å². The highest BCUT2D eigenvalue weighted by Crippen LogP contribution is 2.47. The molecule has 238 valence electrons. The molecule has 13 nitrogen and oxygen atoms in total. The largest absolute Gasteiger partial charge is 0.462 e. The fourth-order valence-corrected chi connectivity index (χ4v) is 5.74. The van der Waals surface area contributed by atoms with Crippen LogP contribution in [-0.4, -0.2) is 87.5 Å². The van der Waals surface area contributed by atoms with E-state index in [2.05, 4.69) is 15.3 Å². The van der Waals surface area contributed by atoms with Gasteiger partial charge in [-0.25, -0.2) is 24.4 Å². The molecule has 1 aromatic heterocycles. The molecule has 5 atom stereocenters. The summed E-state index contributed by atoms with van der Waals surface area (Å²) >= 11 is 0. The monoisotopic (exact) mass is 603 g/mol. The minimum atomic E-state index is -0.963. The van der Waals surface area contributed by atoms with E-state index in [-0.39, 0.29) is 12.5 Å². The van der Waals surface area contributed by atoms with Gasteiger partial charge in [0.25, 0.3) is 0 Å². The van der Waals surface area contributed by atoms with Gasteiger partial charge in [0, 0.05) is 5.56 Å². The topological polar surface area (TPSA) is 164 Å². The number of fused-ring (bicyclic) bond motifs is 2. The van der Waals surface area contributed by atoms with Crippen molar-refractivity contribution in [3.8, 4) is 0 Å². The number of alkyl carbamates (subject to hydrolysis) is 1. The van der Waals surface area contributed by atoms with Gasteiger partial charge in [-0.2, -0.15) is 0 Å². The molecule has 4 rings (SSSR count). The highest BCUT2D eigenvalue weighted by molar-refractivity contribution is 5.83. The van der Waals surface area contributed by atoms with Gasteiger partial charge in [-0.3, -0.25) is 4.90 Å². The summed E-state index contributed by atoms with van der Waals surface area (Å²) in [5.74, 6) is -1.18. The van der Waals surface area contributed by atoms with Crippen LogP contribution in [0.2, 0.25) is 0 Å². The van der Waals surface area contributed by atoms with Crippen LogP contribution in [0.15, 0.2) is 12.4 Å². The maximum Gasteiger partial charge on any atom is 0.411 e. The molecule has 2 amide bonds. The second-order valence-corrected chi connectivity index (χ2v) is 13.3. The number of ether oxygens (including phenoxy) is 5. The van der Waals surface area contributed by atoms with Gasteiger partial charge < -0.3 is 34.7 Å². The van der Waals surface area contributed by atoms with E-state index in [4.69, 9.17) is 29.4 Å². The molecule has 2 fully saturated rings. The fraction of sp³-hybridized carbons (Fsp3) is 0.700. The summed E-state index contributed by atoms with van der Waals surface area (Å²) in [6.07, 6.45) is 1.16. The van der Waals surface area contributed by atoms with Crippen LogP contribution in [0.5, 0.6) is 0 Å². The van der Waals surface area contributed by atoms with Crippen molar-refractivity contribution >= 4 is 29.5 Å². The van der Waals surface area contributed by atoms with Crippen molar-refractivity contribution in [3.63, 3.8) is 0 Å². The summed E-state index contributed by atoms with van der Waals surface area (Å²) in [4.78, 5) is 49.7. The summed E-state index contributed by atoms with van der Waals surface area (Å²) in [5, 5.41) is 2.64. The average Bonchev–Trinajstić information content (AvgIpc) is 3.49. The third-order valence-corrected chi connectivity index (χ3v) is 7.23. The highest BCUT2D eigenvalue weighted by atomic mass is 16.8. The van der Waals surface area contributed by atoms with Crippen LogP contribution in [0.3, 0.4) is 0 Å². The summed E-state index contributed by atoms with van der Waals surface area (Å²) in [6, 6.07) is -2.39. The molecule has 2 saturated heterocycles. The fourth-order valence-electron chi connectivity index (χ4n) is 5.74. The molecule has 3 N–H and O–H groups in total. The molecule has 3 aliphatic rings. The lowest BCUT2D eigenvalue weighted by Crippen LogP contribution is -2.50. The molecular formula is C30H45N5O8. The second-order valence-electron chi connectivity index (χ2n) is 13.3. The summed E-state index contributed by atoms with van der Waals surface area (Å²) < 4.78 is 29.5. The summed E-state index contributed by atoms with van der Waals surface area (Å²) in [5.41, 5.74) is 7.53. The number of nitrogens with one attached hydrogen (secondary N) is 1. The van der Waals surface area contributed by atoms with E-state index in [0.29, 0.717) is 24.4 Å². The molecule has 1 aromatic rings. The van der Waals surface area contributed by atoms with Crippen LogP contribution in [-0.2, 0) is 34.9 Å². The normalized spacial score (nSPS) is 24.8. The number of likely N-dealkylation sites (tertiary alicyclic amines) is 1. The molecule has 13 heteroatoms. The number of nitrogens with zero attached hydrogens (tertiary/aromatic N) is 3. The summed E-state index contributed by atoms with van der Waals surface area (Å²) in [7, 11) is 0. The Morgan fingerprint density at radius 1 is 1.14 bits per heavy atom. The smallest absolute Gasteiger partial charge is 0.411 e. The Kier molecular flexibility index (Phi) is 9.27. The number of amides is 2. The van der Waals surface area contributed by atoms with E-state index in [0.717, 1.165) is 11.1 Å². The molecule has 3 heterocycles. The van der Waals surface area contributed by atoms with E-state index in [1.807, 2.05) is 19.9 Å². The van der Waals surface area contributed by atoms with Crippen molar-refractivity contribution in [1.82, 2.24) is 20.2 Å². The predicted molar refractivity (Wildman–Crippen MR) is 157 cm³/mol. The highest BCUT2D eigenvalue weighted by Gasteiger charge is 2.61. The molecule has 0 bridgehead atoms. The Morgan fingerprint density at radius 2 is 1.81 bits per heavy atom. The lowest BCUT2D eigenvalue weighted by molar-refractivity contribution is -0.168. The van der Waals surface area contributed by atoms with Crippen molar-refractivity contribution in [3.05, 3.63) is 23.7 Å². The molecule has 1 aliphatic carbocycles. The van der Waals surface area contributed by atoms with Gasteiger partial charge in [0.05, 0.1) is 23.9 Å². The first-order chi connectivity index (χ1) is 20.0. The van der Waals surface area contributed by atoms with Crippen molar-refractivity contribution in [2.24, 2.45) is 5.92 Å². The first-order valence-corrected chi connectivity index (χ1v) is 14.8. The van der Waals surface area contributed by atoms with E-state index < -0.39 is 66.0 Å². The number of rotatable bonds is 8. The van der Waals surface area contributed by atoms with Crippen LogP contribution in [0.4, 0.5) is 15.4 Å². The lowest BCUT2D eigenvalue weighted by Gasteiger charge is -2.34. The first-order valence-electron chi connectivity index (χ1n) is 14.8. The summed E-state index contributed by atoms with van der Waals surface area (Å²) in [6.45, 7) is 16.0. The standard InChI is InChI=1S/C30H45N5O8/c1-15(2)12-19(34-27(37)43-29(5,6)7)26(36)39-13-20-23-24(42-30(8,9)41-23)22(35(20)28(38)40-16(3)4)17-10-11-18-21(17)32-14-33-25(18)31/h10,14-16,19-20,22-24H,11-13H2,1-9H3,(H,34,37)(H2,31,32,33)/t19-,20+,22-,23+,24-/m0/s1. The number of anilines is 1. The van der Waals surface area contributed by atoms with Crippen molar-refractivity contribution in [2.75, 3.05) is 12.3 Å². The van der Waals surface area contributed by atoms with Gasteiger partial charge >= 0.3 is 18.2 Å². The SMILES string of the molecule is CC(C)C[C@H](NC(=O)OC(C)(C)C)C(=O)OC[C@@H]1[C@H]2OC(C)(C)O[C@H]2[C@H](C2=CCc3c(N)ncnc32)N1C(=O)OC(C)C. The number of nitrogens with two attached hydrogens (primary N) is 1. The zero-order valence-electron chi connectivity index (χ0n) is 26.5. The number of nitrogen functional groups attached to an aromatic ring is 1. The van der Waals surface area contributed by atoms with E-state index in [9.17, 15) is 14.4 Å². The Morgan fingerprint density at radius 3 is 2.44 bits per heavy atom. The van der Waals surface area contributed by atoms with Crippen molar-refractivity contribution in [2.45, 2.75) is 123 Å². The lowest BCUT2D eigenvalue weighted by atomic mass is 9.99. The zero-order chi connectivity index (χ0) is 31.9. The van der Waals surface area contributed by atoms with Gasteiger partial charge in [0.2, 0.25) is 0 Å². The van der Waals surface area contributed by atoms with Crippen molar-refractivity contribution < 1.29 is 38.1 Å². The maximum absolute atomic E-state index is 13.7. The number of carbonyl (C=O) groups is 3. The Labute approximate surface area is 252 Å². The van der Waals surface area contributed by atoms with Crippen LogP contribution in [0, 0.1) is 5.92 Å². The minimum Gasteiger partial charge on any atom is -0.462 e. The Bertz CT molecular complexity index is 1260. The van der Waals surface area contributed by atoms with Gasteiger partial charge in [0.15, 0.2) is 5.79 Å². The van der Waals surface area contributed by atoms with Gasteiger partial charge in [-0.1, -0.05) is 19.9 Å². The molecule has 0 saturated carbocycles. The van der Waals surface area contributed by atoms with Gasteiger partial charge in [-0.05, 0) is 72.8 Å². The molecule has 0 radical (unpaired) electrons. The Balaban J connectivity index is 1.64. The average molecular weight is 604 g/mol. The molecule has 2 aliphatic heterocycles. The molecule has 43 heavy (non-hydrogen) atoms. The van der Waals surface area contributed by atoms with E-state index in [1.165, 1.54) is 11.2 Å². The third-order valence-electron chi connectivity index (χ3n) is 7.23. The molecule has 0 aromatic carbocycles. The second kappa shape index (κ2) is 12.3. The molecule has 0 spiro atoms. The van der Waals surface area contributed by atoms with E-state index >= 15 is 0 Å². The number of aromatic nitrogens is 2. The van der Waals surface area contributed by atoms with Crippen LogP contribution in [0.1, 0.15) is 80.0 Å².